The van der Waals surface area contributed by atoms with Gasteiger partial charge in [-0.05, 0) is 109 Å². The summed E-state index contributed by atoms with van der Waals surface area (Å²) in [5.74, 6) is -1.56. The van der Waals surface area contributed by atoms with Crippen molar-refractivity contribution in [2.24, 2.45) is 0 Å². The minimum Gasteiger partial charge on any atom is -0.463 e. The number of phosphoric acid groups is 2. The molecule has 0 spiro atoms. The van der Waals surface area contributed by atoms with Gasteiger partial charge in [-0.15, -0.1) is 0 Å². The SMILES string of the molecule is CC/C=C\C/C=C\C/C=C\C/C=C\C/C=C\CCCCCCCCCCCCCCCC(=O)OCC(COP(=O)(O)OCC(O)COP(=O)(O)OCC(O)COC(=O)CCCCCCCCCCCCCCCCC/C=C\C/C=C\C/C=C\C/C=C\CCCCC)OC(=O)CCCCCCCCCCCCC. The highest BCUT2D eigenvalue weighted by molar-refractivity contribution is 7.47. The van der Waals surface area contributed by atoms with Gasteiger partial charge in [0.1, 0.15) is 25.4 Å². The van der Waals surface area contributed by atoms with Crippen LogP contribution < -0.4 is 0 Å². The standard InChI is InChI=1S/C89H158O16P2/c1-4-7-10-13-16-19-22-24-26-28-30-32-34-36-38-40-41-43-45-46-48-50-52-54-56-58-61-63-66-69-72-75-87(92)99-78-84(90)79-101-106(95,96)102-80-85(91)81-103-107(97,98)104-83-86(105-89(94)77-74-71-68-65-60-21-18-15-12-9-6-3)82-100-88(93)76-73-70-67-64-62-59-57-55-53-51-49-47-44-42-39-37-35-33-31-29-27-25-23-20-17-14-11-8-5-2/h8,11,16-17,19-20,24-27,30-33,36-39,84-86,90-91H,4-7,9-10,12-15,18,21-23,28-29,34-35,40-83H2,1-3H3,(H,95,96)(H,97,98)/b11-8-,19-16-,20-17-,26-24-,27-25-,32-30-,33-31-,38-36-,39-37-. The first-order chi connectivity index (χ1) is 52.2. The Hall–Kier alpha value is -3.79. The number of aliphatic hydroxyl groups excluding tert-OH is 2. The minimum absolute atomic E-state index is 0.108. The molecule has 620 valence electrons. The lowest BCUT2D eigenvalue weighted by Crippen LogP contribution is -2.30. The van der Waals surface area contributed by atoms with Crippen LogP contribution in [-0.2, 0) is 55.8 Å². The molecule has 0 aromatic carbocycles. The third kappa shape index (κ3) is 83.0. The number of hydrogen-bond donors (Lipinski definition) is 4. The highest BCUT2D eigenvalue weighted by atomic mass is 31.2. The van der Waals surface area contributed by atoms with E-state index in [1.165, 1.54) is 199 Å². The van der Waals surface area contributed by atoms with Crippen LogP contribution in [0.5, 0.6) is 0 Å². The van der Waals surface area contributed by atoms with Crippen LogP contribution in [0.25, 0.3) is 0 Å². The summed E-state index contributed by atoms with van der Waals surface area (Å²) in [5, 5.41) is 20.7. The minimum atomic E-state index is -4.93. The third-order valence-electron chi connectivity index (χ3n) is 18.5. The Morgan fingerprint density at radius 1 is 0.271 bits per heavy atom. The Labute approximate surface area is 653 Å². The molecule has 0 heterocycles. The zero-order valence-electron chi connectivity index (χ0n) is 68.0. The van der Waals surface area contributed by atoms with Crippen molar-refractivity contribution < 1.29 is 75.8 Å². The van der Waals surface area contributed by atoms with E-state index >= 15 is 0 Å². The van der Waals surface area contributed by atoms with Crippen LogP contribution in [0.2, 0.25) is 0 Å². The monoisotopic (exact) mass is 1550 g/mol. The topological polar surface area (TPSA) is 231 Å². The van der Waals surface area contributed by atoms with Gasteiger partial charge in [0.2, 0.25) is 0 Å². The lowest BCUT2D eigenvalue weighted by atomic mass is 10.0. The van der Waals surface area contributed by atoms with E-state index in [2.05, 4.69) is 130 Å². The molecule has 4 N–H and O–H groups in total. The number of rotatable bonds is 82. The average Bonchev–Trinajstić information content (AvgIpc) is 0.908. The molecular formula is C89H158O16P2. The summed E-state index contributed by atoms with van der Waals surface area (Å²) in [6.07, 6.45) is 97.3. The second kappa shape index (κ2) is 81.7. The first-order valence-corrected chi connectivity index (χ1v) is 46.2. The molecule has 5 atom stereocenters. The van der Waals surface area contributed by atoms with Crippen molar-refractivity contribution in [1.29, 1.82) is 0 Å². The highest BCUT2D eigenvalue weighted by Crippen LogP contribution is 2.45. The molecule has 5 unspecified atom stereocenters. The second-order valence-corrected chi connectivity index (χ2v) is 31.9. The molecule has 0 amide bonds. The highest BCUT2D eigenvalue weighted by Gasteiger charge is 2.29. The molecule has 0 rings (SSSR count). The third-order valence-corrected chi connectivity index (χ3v) is 20.4. The fourth-order valence-electron chi connectivity index (χ4n) is 11.9. The van der Waals surface area contributed by atoms with E-state index in [1.54, 1.807) is 0 Å². The van der Waals surface area contributed by atoms with E-state index in [9.17, 15) is 43.5 Å². The van der Waals surface area contributed by atoms with E-state index in [0.717, 1.165) is 122 Å². The van der Waals surface area contributed by atoms with Gasteiger partial charge >= 0.3 is 33.6 Å². The van der Waals surface area contributed by atoms with Crippen molar-refractivity contribution in [2.45, 2.75) is 399 Å². The Morgan fingerprint density at radius 3 is 0.804 bits per heavy atom. The average molecular weight is 1550 g/mol. The van der Waals surface area contributed by atoms with Gasteiger partial charge < -0.3 is 34.2 Å². The van der Waals surface area contributed by atoms with Crippen molar-refractivity contribution in [3.05, 3.63) is 109 Å². The summed E-state index contributed by atoms with van der Waals surface area (Å²) in [4.78, 5) is 58.7. The van der Waals surface area contributed by atoms with Gasteiger partial charge in [0.15, 0.2) is 6.10 Å². The van der Waals surface area contributed by atoms with Gasteiger partial charge in [0, 0.05) is 19.3 Å². The Morgan fingerprint density at radius 2 is 0.495 bits per heavy atom. The molecule has 16 nitrogen and oxygen atoms in total. The van der Waals surface area contributed by atoms with E-state index in [1.807, 2.05) is 0 Å². The number of hydrogen-bond acceptors (Lipinski definition) is 14. The van der Waals surface area contributed by atoms with Crippen molar-refractivity contribution >= 4 is 33.6 Å². The number of unbranched alkanes of at least 4 members (excludes halogenated alkanes) is 41. The summed E-state index contributed by atoms with van der Waals surface area (Å²) in [6.45, 7) is 2.58. The summed E-state index contributed by atoms with van der Waals surface area (Å²) in [5.41, 5.74) is 0. The molecule has 0 aliphatic rings. The number of allylic oxidation sites excluding steroid dienone is 18. The van der Waals surface area contributed by atoms with Crippen LogP contribution in [0.4, 0.5) is 0 Å². The zero-order chi connectivity index (χ0) is 78.0. The Bertz CT molecular complexity index is 2380. The number of esters is 3. The number of ether oxygens (including phenoxy) is 3. The normalized spacial score (nSPS) is 14.4. The fourth-order valence-corrected chi connectivity index (χ4v) is 13.5. The maximum atomic E-state index is 12.9. The van der Waals surface area contributed by atoms with Gasteiger partial charge in [0.05, 0.1) is 26.4 Å². The zero-order valence-corrected chi connectivity index (χ0v) is 69.8. The largest absolute Gasteiger partial charge is 0.472 e. The van der Waals surface area contributed by atoms with Gasteiger partial charge in [-0.25, -0.2) is 9.13 Å². The van der Waals surface area contributed by atoms with Gasteiger partial charge in [-0.3, -0.25) is 32.5 Å². The van der Waals surface area contributed by atoms with E-state index in [4.69, 9.17) is 32.3 Å². The predicted octanol–water partition coefficient (Wildman–Crippen LogP) is 25.9. The van der Waals surface area contributed by atoms with Crippen molar-refractivity contribution in [3.63, 3.8) is 0 Å². The van der Waals surface area contributed by atoms with Crippen LogP contribution in [0.3, 0.4) is 0 Å². The first kappa shape index (κ1) is 103. The quantitative estimate of drug-likeness (QED) is 0.0146. The molecule has 0 saturated heterocycles. The molecule has 0 aliphatic carbocycles. The predicted molar refractivity (Wildman–Crippen MR) is 445 cm³/mol. The maximum Gasteiger partial charge on any atom is 0.472 e. The molecule has 0 bridgehead atoms. The van der Waals surface area contributed by atoms with Crippen LogP contribution in [0.1, 0.15) is 380 Å². The van der Waals surface area contributed by atoms with Crippen molar-refractivity contribution in [3.8, 4) is 0 Å². The van der Waals surface area contributed by atoms with Crippen molar-refractivity contribution in [1.82, 2.24) is 0 Å². The van der Waals surface area contributed by atoms with Gasteiger partial charge in [-0.1, -0.05) is 361 Å². The number of carbonyl (C=O) groups is 3. The van der Waals surface area contributed by atoms with E-state index < -0.39 is 91.5 Å². The molecule has 0 saturated carbocycles. The van der Waals surface area contributed by atoms with Crippen molar-refractivity contribution in [2.75, 3.05) is 39.6 Å². The maximum absolute atomic E-state index is 12.9. The van der Waals surface area contributed by atoms with Crippen LogP contribution >= 0.6 is 15.6 Å². The van der Waals surface area contributed by atoms with E-state index in [-0.39, 0.29) is 19.3 Å². The molecule has 0 aromatic heterocycles. The molecule has 0 fully saturated rings. The van der Waals surface area contributed by atoms with Crippen LogP contribution in [0, 0.1) is 0 Å². The lowest BCUT2D eigenvalue weighted by Gasteiger charge is -2.21. The summed E-state index contributed by atoms with van der Waals surface area (Å²) < 4.78 is 61.2. The molecule has 18 heteroatoms. The van der Waals surface area contributed by atoms with E-state index in [0.29, 0.717) is 19.3 Å². The summed E-state index contributed by atoms with van der Waals surface area (Å²) in [7, 11) is -9.78. The molecule has 0 aromatic rings. The fraction of sp³-hybridized carbons (Fsp3) is 0.764. The van der Waals surface area contributed by atoms with Gasteiger partial charge in [-0.2, -0.15) is 0 Å². The number of carbonyl (C=O) groups excluding carboxylic acids is 3. The lowest BCUT2D eigenvalue weighted by molar-refractivity contribution is -0.161. The Balaban J connectivity index is 4.37. The molecule has 0 aliphatic heterocycles. The number of aliphatic hydroxyl groups is 2. The Kier molecular flexibility index (Phi) is 78.8. The second-order valence-electron chi connectivity index (χ2n) is 29.0. The summed E-state index contributed by atoms with van der Waals surface area (Å²) >= 11 is 0. The molecule has 0 radical (unpaired) electrons. The van der Waals surface area contributed by atoms with Crippen LogP contribution in [-0.4, -0.2) is 95.9 Å². The smallest absolute Gasteiger partial charge is 0.463 e. The molecule has 107 heavy (non-hydrogen) atoms. The number of phosphoric ester groups is 2. The molecular weight excluding hydrogens is 1390 g/mol. The first-order valence-electron chi connectivity index (χ1n) is 43.2. The van der Waals surface area contributed by atoms with Crippen LogP contribution in [0.15, 0.2) is 109 Å². The van der Waals surface area contributed by atoms with Gasteiger partial charge in [0.25, 0.3) is 0 Å². The summed E-state index contributed by atoms with van der Waals surface area (Å²) in [6, 6.07) is 0.